The Morgan fingerprint density at radius 1 is 1.53 bits per heavy atom. The highest BCUT2D eigenvalue weighted by Gasteiger charge is 2.15. The molecule has 19 heavy (non-hydrogen) atoms. The molecule has 1 heterocycles. The van der Waals surface area contributed by atoms with Gasteiger partial charge in [-0.15, -0.1) is 11.6 Å². The molecule has 0 saturated heterocycles. The summed E-state index contributed by atoms with van der Waals surface area (Å²) in [6.45, 7) is 2.61. The molecule has 0 N–H and O–H groups in total. The molecule has 1 aromatic heterocycles. The van der Waals surface area contributed by atoms with E-state index in [-0.39, 0.29) is 11.9 Å². The lowest BCUT2D eigenvalue weighted by Gasteiger charge is -2.13. The van der Waals surface area contributed by atoms with Gasteiger partial charge in [0.1, 0.15) is 11.6 Å². The molecule has 0 aliphatic heterocycles. The third-order valence-electron chi connectivity index (χ3n) is 3.03. The molecule has 3 nitrogen and oxygen atoms in total. The van der Waals surface area contributed by atoms with Crippen LogP contribution in [-0.2, 0) is 17.7 Å². The van der Waals surface area contributed by atoms with Gasteiger partial charge in [-0.25, -0.2) is 9.37 Å². The summed E-state index contributed by atoms with van der Waals surface area (Å²) in [5.41, 5.74) is 1.59. The Labute approximate surface area is 130 Å². The van der Waals surface area contributed by atoms with Gasteiger partial charge in [0.05, 0.1) is 27.3 Å². The molecule has 0 amide bonds. The van der Waals surface area contributed by atoms with Crippen molar-refractivity contribution in [3.8, 4) is 0 Å². The van der Waals surface area contributed by atoms with E-state index >= 15 is 0 Å². The lowest BCUT2D eigenvalue weighted by molar-refractivity contribution is 0.103. The minimum Gasteiger partial charge on any atom is -0.380 e. The van der Waals surface area contributed by atoms with Crippen molar-refractivity contribution in [1.29, 1.82) is 0 Å². The predicted molar refractivity (Wildman–Crippen MR) is 83.3 cm³/mol. The maximum atomic E-state index is 13.7. The molecular weight excluding hydrogens is 382 g/mol. The van der Waals surface area contributed by atoms with Gasteiger partial charge in [0.25, 0.3) is 0 Å². The molecule has 2 rings (SSSR count). The Bertz CT molecular complexity index is 588. The summed E-state index contributed by atoms with van der Waals surface area (Å²) in [5.74, 6) is 1.14. The molecule has 0 saturated carbocycles. The molecule has 0 spiro atoms. The van der Waals surface area contributed by atoms with Gasteiger partial charge < -0.3 is 9.30 Å². The van der Waals surface area contributed by atoms with Crippen LogP contribution in [0.3, 0.4) is 0 Å². The molecule has 1 aromatic carbocycles. The molecular formula is C13H15ClFIN2O. The first kappa shape index (κ1) is 15.0. The average molecular weight is 397 g/mol. The van der Waals surface area contributed by atoms with E-state index in [4.69, 9.17) is 16.3 Å². The predicted octanol–water partition coefficient (Wildman–Crippen LogP) is 3.60. The minimum absolute atomic E-state index is 0.0359. The van der Waals surface area contributed by atoms with Crippen LogP contribution in [0.2, 0.25) is 0 Å². The second-order valence-electron chi connectivity index (χ2n) is 4.38. The third-order valence-corrected chi connectivity index (χ3v) is 4.05. The summed E-state index contributed by atoms with van der Waals surface area (Å²) in [6, 6.07) is 3.29. The highest BCUT2D eigenvalue weighted by Crippen LogP contribution is 2.23. The lowest BCUT2D eigenvalue weighted by Crippen LogP contribution is -2.17. The van der Waals surface area contributed by atoms with Gasteiger partial charge in [0.2, 0.25) is 0 Å². The van der Waals surface area contributed by atoms with Crippen LogP contribution >= 0.6 is 34.2 Å². The molecule has 104 valence electrons. The van der Waals surface area contributed by atoms with Gasteiger partial charge >= 0.3 is 0 Å². The van der Waals surface area contributed by atoms with Gasteiger partial charge in [-0.1, -0.05) is 0 Å². The first-order valence-electron chi connectivity index (χ1n) is 5.99. The molecule has 0 radical (unpaired) electrons. The fourth-order valence-electron chi connectivity index (χ4n) is 1.98. The van der Waals surface area contributed by atoms with E-state index < -0.39 is 0 Å². The molecule has 0 fully saturated rings. The summed E-state index contributed by atoms with van der Waals surface area (Å²) >= 11 is 7.78. The molecule has 0 aliphatic rings. The number of ether oxygens (including phenoxy) is 1. The number of imidazole rings is 1. The van der Waals surface area contributed by atoms with Gasteiger partial charge in [-0.2, -0.15) is 0 Å². The lowest BCUT2D eigenvalue weighted by atomic mass is 10.3. The fraction of sp³-hybridized carbons (Fsp3) is 0.462. The van der Waals surface area contributed by atoms with Crippen molar-refractivity contribution in [3.63, 3.8) is 0 Å². The Kier molecular flexibility index (Phi) is 5.03. The van der Waals surface area contributed by atoms with Gasteiger partial charge in [-0.3, -0.25) is 0 Å². The maximum absolute atomic E-state index is 13.7. The van der Waals surface area contributed by atoms with E-state index in [1.54, 1.807) is 13.2 Å². The molecule has 2 aromatic rings. The second kappa shape index (κ2) is 6.37. The topological polar surface area (TPSA) is 27.1 Å². The van der Waals surface area contributed by atoms with Gasteiger partial charge in [0, 0.05) is 25.5 Å². The number of halogens is 3. The number of fused-ring (bicyclic) bond motifs is 1. The van der Waals surface area contributed by atoms with E-state index in [9.17, 15) is 4.39 Å². The van der Waals surface area contributed by atoms with Crippen LogP contribution in [0.25, 0.3) is 11.0 Å². The van der Waals surface area contributed by atoms with Gasteiger partial charge in [0.15, 0.2) is 0 Å². The van der Waals surface area contributed by atoms with Crippen LogP contribution in [0.15, 0.2) is 12.1 Å². The van der Waals surface area contributed by atoms with Crippen molar-refractivity contribution in [3.05, 3.63) is 27.3 Å². The zero-order valence-electron chi connectivity index (χ0n) is 10.8. The van der Waals surface area contributed by atoms with Crippen LogP contribution in [0.1, 0.15) is 12.7 Å². The number of nitrogens with zero attached hydrogens (tertiary/aromatic N) is 2. The SMILES string of the molecule is COC(C)Cn1c(CCCl)nc2cc(I)c(F)cc21. The van der Waals surface area contributed by atoms with E-state index in [1.807, 2.05) is 34.1 Å². The highest BCUT2D eigenvalue weighted by molar-refractivity contribution is 14.1. The third kappa shape index (κ3) is 3.20. The van der Waals surface area contributed by atoms with Crippen LogP contribution in [-0.4, -0.2) is 28.6 Å². The van der Waals surface area contributed by atoms with Crippen molar-refractivity contribution in [2.45, 2.75) is 26.0 Å². The van der Waals surface area contributed by atoms with E-state index in [0.29, 0.717) is 22.4 Å². The summed E-state index contributed by atoms with van der Waals surface area (Å²) in [4.78, 5) is 4.54. The maximum Gasteiger partial charge on any atom is 0.138 e. The van der Waals surface area contributed by atoms with Crippen molar-refractivity contribution in [2.75, 3.05) is 13.0 Å². The summed E-state index contributed by atoms with van der Waals surface area (Å²) in [5, 5.41) is 0. The number of rotatable bonds is 5. The number of methoxy groups -OCH3 is 1. The standard InChI is InChI=1S/C13H15ClFIN2O/c1-8(19-2)7-18-12-5-9(15)10(16)6-11(12)17-13(18)3-4-14/h5-6,8H,3-4,7H2,1-2H3. The Morgan fingerprint density at radius 3 is 2.89 bits per heavy atom. The second-order valence-corrected chi connectivity index (χ2v) is 5.92. The van der Waals surface area contributed by atoms with E-state index in [2.05, 4.69) is 4.98 Å². The first-order valence-corrected chi connectivity index (χ1v) is 7.61. The molecule has 0 bridgehead atoms. The minimum atomic E-state index is -0.225. The summed E-state index contributed by atoms with van der Waals surface area (Å²) in [7, 11) is 1.66. The van der Waals surface area contributed by atoms with Gasteiger partial charge in [-0.05, 0) is 35.6 Å². The number of hydrogen-bond acceptors (Lipinski definition) is 2. The average Bonchev–Trinajstić information content (AvgIpc) is 2.68. The summed E-state index contributed by atoms with van der Waals surface area (Å²) < 4.78 is 21.6. The summed E-state index contributed by atoms with van der Waals surface area (Å²) in [6.07, 6.45) is 0.694. The molecule has 1 unspecified atom stereocenters. The monoisotopic (exact) mass is 396 g/mol. The molecule has 6 heteroatoms. The van der Waals surface area contributed by atoms with Crippen molar-refractivity contribution >= 4 is 45.2 Å². The number of aromatic nitrogens is 2. The van der Waals surface area contributed by atoms with E-state index in [0.717, 1.165) is 16.9 Å². The van der Waals surface area contributed by atoms with Crippen LogP contribution in [0.4, 0.5) is 4.39 Å². The quantitative estimate of drug-likeness (QED) is 0.570. The zero-order valence-corrected chi connectivity index (χ0v) is 13.7. The smallest absolute Gasteiger partial charge is 0.138 e. The number of benzene rings is 1. The van der Waals surface area contributed by atoms with Crippen LogP contribution < -0.4 is 0 Å². The van der Waals surface area contributed by atoms with Crippen molar-refractivity contribution in [1.82, 2.24) is 9.55 Å². The molecule has 1 atom stereocenters. The number of hydrogen-bond donors (Lipinski definition) is 0. The Hall–Kier alpha value is -0.400. The van der Waals surface area contributed by atoms with Crippen LogP contribution in [0.5, 0.6) is 0 Å². The Morgan fingerprint density at radius 2 is 2.26 bits per heavy atom. The largest absolute Gasteiger partial charge is 0.380 e. The Balaban J connectivity index is 2.55. The number of alkyl halides is 1. The van der Waals surface area contributed by atoms with E-state index in [1.165, 1.54) is 6.07 Å². The number of aryl methyl sites for hydroxylation is 1. The fourth-order valence-corrected chi connectivity index (χ4v) is 2.60. The molecule has 0 aliphatic carbocycles. The first-order chi connectivity index (χ1) is 9.06. The zero-order chi connectivity index (χ0) is 14.0. The van der Waals surface area contributed by atoms with Crippen molar-refractivity contribution < 1.29 is 9.13 Å². The normalized spacial score (nSPS) is 13.1. The highest BCUT2D eigenvalue weighted by atomic mass is 127. The van der Waals surface area contributed by atoms with Crippen LogP contribution in [0, 0.1) is 9.39 Å². The van der Waals surface area contributed by atoms with Crippen molar-refractivity contribution in [2.24, 2.45) is 0 Å².